The first kappa shape index (κ1) is 9.84. The van der Waals surface area contributed by atoms with Gasteiger partial charge in [-0.2, -0.15) is 0 Å². The summed E-state index contributed by atoms with van der Waals surface area (Å²) in [6, 6.07) is 10.1. The van der Waals surface area contributed by atoms with Crippen molar-refractivity contribution < 1.29 is 4.42 Å². The number of hydrogen-bond acceptors (Lipinski definition) is 2. The van der Waals surface area contributed by atoms with Crippen molar-refractivity contribution in [1.82, 2.24) is 0 Å². The molecule has 2 rings (SSSR count). The highest BCUT2D eigenvalue weighted by molar-refractivity contribution is 5.53. The maximum atomic E-state index is 5.26. The first-order valence-corrected chi connectivity index (χ1v) is 5.10. The Labute approximate surface area is 89.9 Å². The zero-order chi connectivity index (χ0) is 10.7. The molecule has 78 valence electrons. The monoisotopic (exact) mass is 201 g/mol. The molecule has 2 nitrogen and oxygen atoms in total. The molecule has 0 saturated carbocycles. The summed E-state index contributed by atoms with van der Waals surface area (Å²) >= 11 is 0. The van der Waals surface area contributed by atoms with Crippen LogP contribution in [0.4, 0.5) is 5.69 Å². The van der Waals surface area contributed by atoms with Crippen LogP contribution in [0.1, 0.15) is 16.9 Å². The van der Waals surface area contributed by atoms with Crippen LogP contribution in [-0.2, 0) is 6.54 Å². The fraction of sp³-hybridized carbons (Fsp3) is 0.231. The molecule has 15 heavy (non-hydrogen) atoms. The number of rotatable bonds is 3. The standard InChI is InChI=1S/C13H15NO/c1-10-5-3-7-13(11(10)2)14-9-12-6-4-8-15-12/h3-8,14H,9H2,1-2H3. The maximum absolute atomic E-state index is 5.26. The third-order valence-corrected chi connectivity index (χ3v) is 2.64. The smallest absolute Gasteiger partial charge is 0.122 e. The van der Waals surface area contributed by atoms with E-state index in [1.807, 2.05) is 12.1 Å². The molecule has 2 heteroatoms. The number of benzene rings is 1. The fourth-order valence-corrected chi connectivity index (χ4v) is 1.54. The molecular formula is C13H15NO. The number of aryl methyl sites for hydroxylation is 1. The second-order valence-electron chi connectivity index (χ2n) is 3.68. The Balaban J connectivity index is 2.08. The van der Waals surface area contributed by atoms with Crippen LogP contribution in [0.5, 0.6) is 0 Å². The van der Waals surface area contributed by atoms with Crippen molar-refractivity contribution in [2.24, 2.45) is 0 Å². The molecule has 0 bridgehead atoms. The molecular weight excluding hydrogens is 186 g/mol. The van der Waals surface area contributed by atoms with Gasteiger partial charge < -0.3 is 9.73 Å². The van der Waals surface area contributed by atoms with E-state index in [1.165, 1.54) is 16.8 Å². The van der Waals surface area contributed by atoms with Crippen LogP contribution in [0, 0.1) is 13.8 Å². The maximum Gasteiger partial charge on any atom is 0.122 e. The number of anilines is 1. The predicted molar refractivity (Wildman–Crippen MR) is 62.0 cm³/mol. The molecule has 0 aliphatic heterocycles. The van der Waals surface area contributed by atoms with E-state index in [4.69, 9.17) is 4.42 Å². The molecule has 0 aliphatic carbocycles. The average Bonchev–Trinajstić information content (AvgIpc) is 2.73. The summed E-state index contributed by atoms with van der Waals surface area (Å²) in [5.74, 6) is 0.955. The normalized spacial score (nSPS) is 10.3. The number of nitrogens with one attached hydrogen (secondary N) is 1. The van der Waals surface area contributed by atoms with Crippen molar-refractivity contribution in [3.05, 3.63) is 53.5 Å². The SMILES string of the molecule is Cc1cccc(NCc2ccco2)c1C. The molecule has 0 fully saturated rings. The quantitative estimate of drug-likeness (QED) is 0.822. The Morgan fingerprint density at radius 3 is 2.73 bits per heavy atom. The van der Waals surface area contributed by atoms with Gasteiger partial charge >= 0.3 is 0 Å². The van der Waals surface area contributed by atoms with Gasteiger partial charge in [0, 0.05) is 5.69 Å². The van der Waals surface area contributed by atoms with Crippen molar-refractivity contribution in [1.29, 1.82) is 0 Å². The van der Waals surface area contributed by atoms with Gasteiger partial charge in [-0.15, -0.1) is 0 Å². The van der Waals surface area contributed by atoms with E-state index in [2.05, 4.69) is 37.4 Å². The third kappa shape index (κ3) is 2.21. The molecule has 1 aromatic heterocycles. The van der Waals surface area contributed by atoms with Crippen LogP contribution in [0.2, 0.25) is 0 Å². The van der Waals surface area contributed by atoms with Crippen molar-refractivity contribution in [3.63, 3.8) is 0 Å². The van der Waals surface area contributed by atoms with E-state index in [9.17, 15) is 0 Å². The first-order chi connectivity index (χ1) is 7.27. The zero-order valence-electron chi connectivity index (χ0n) is 9.08. The lowest BCUT2D eigenvalue weighted by Gasteiger charge is -2.09. The van der Waals surface area contributed by atoms with E-state index in [1.54, 1.807) is 6.26 Å². The zero-order valence-corrected chi connectivity index (χ0v) is 9.08. The average molecular weight is 201 g/mol. The Morgan fingerprint density at radius 1 is 1.13 bits per heavy atom. The van der Waals surface area contributed by atoms with Crippen LogP contribution in [-0.4, -0.2) is 0 Å². The molecule has 0 unspecified atom stereocenters. The molecule has 0 atom stereocenters. The summed E-state index contributed by atoms with van der Waals surface area (Å²) in [4.78, 5) is 0. The second-order valence-corrected chi connectivity index (χ2v) is 3.68. The fourth-order valence-electron chi connectivity index (χ4n) is 1.54. The van der Waals surface area contributed by atoms with Crippen molar-refractivity contribution in [3.8, 4) is 0 Å². The molecule has 1 heterocycles. The van der Waals surface area contributed by atoms with E-state index in [0.717, 1.165) is 12.3 Å². The Kier molecular flexibility index (Phi) is 2.77. The van der Waals surface area contributed by atoms with Gasteiger partial charge in [-0.1, -0.05) is 12.1 Å². The lowest BCUT2D eigenvalue weighted by Crippen LogP contribution is -2.00. The van der Waals surface area contributed by atoms with E-state index < -0.39 is 0 Å². The summed E-state index contributed by atoms with van der Waals surface area (Å²) in [6.07, 6.45) is 1.69. The highest BCUT2D eigenvalue weighted by atomic mass is 16.3. The molecule has 1 aromatic carbocycles. The second kappa shape index (κ2) is 4.22. The van der Waals surface area contributed by atoms with Gasteiger partial charge in [0.15, 0.2) is 0 Å². The highest BCUT2D eigenvalue weighted by Gasteiger charge is 2.00. The van der Waals surface area contributed by atoms with E-state index >= 15 is 0 Å². The van der Waals surface area contributed by atoms with Crippen molar-refractivity contribution in [2.45, 2.75) is 20.4 Å². The van der Waals surface area contributed by atoms with Gasteiger partial charge in [-0.25, -0.2) is 0 Å². The minimum Gasteiger partial charge on any atom is -0.467 e. The topological polar surface area (TPSA) is 25.2 Å². The van der Waals surface area contributed by atoms with Gasteiger partial charge in [0.1, 0.15) is 5.76 Å². The van der Waals surface area contributed by atoms with Crippen molar-refractivity contribution in [2.75, 3.05) is 5.32 Å². The minimum absolute atomic E-state index is 0.733. The lowest BCUT2D eigenvalue weighted by atomic mass is 10.1. The molecule has 0 aliphatic rings. The first-order valence-electron chi connectivity index (χ1n) is 5.10. The molecule has 1 N–H and O–H groups in total. The number of furan rings is 1. The molecule has 2 aromatic rings. The highest BCUT2D eigenvalue weighted by Crippen LogP contribution is 2.18. The Bertz CT molecular complexity index is 432. The third-order valence-electron chi connectivity index (χ3n) is 2.64. The van der Waals surface area contributed by atoms with Gasteiger partial charge in [-0.05, 0) is 43.2 Å². The van der Waals surface area contributed by atoms with Crippen LogP contribution >= 0.6 is 0 Å². The summed E-state index contributed by atoms with van der Waals surface area (Å²) < 4.78 is 5.26. The summed E-state index contributed by atoms with van der Waals surface area (Å²) in [5.41, 5.74) is 3.77. The van der Waals surface area contributed by atoms with Crippen LogP contribution in [0.3, 0.4) is 0 Å². The minimum atomic E-state index is 0.733. The summed E-state index contributed by atoms with van der Waals surface area (Å²) in [6.45, 7) is 4.98. The summed E-state index contributed by atoms with van der Waals surface area (Å²) in [7, 11) is 0. The van der Waals surface area contributed by atoms with E-state index in [0.29, 0.717) is 0 Å². The van der Waals surface area contributed by atoms with Crippen LogP contribution in [0.25, 0.3) is 0 Å². The molecule has 0 saturated heterocycles. The van der Waals surface area contributed by atoms with Crippen molar-refractivity contribution >= 4 is 5.69 Å². The van der Waals surface area contributed by atoms with Gasteiger partial charge in [0.25, 0.3) is 0 Å². The Hall–Kier alpha value is -1.70. The van der Waals surface area contributed by atoms with Crippen LogP contribution < -0.4 is 5.32 Å². The molecule has 0 spiro atoms. The summed E-state index contributed by atoms with van der Waals surface area (Å²) in [5, 5.41) is 3.36. The predicted octanol–water partition coefficient (Wildman–Crippen LogP) is 3.51. The van der Waals surface area contributed by atoms with Gasteiger partial charge in [0.2, 0.25) is 0 Å². The van der Waals surface area contributed by atoms with Gasteiger partial charge in [0.05, 0.1) is 12.8 Å². The van der Waals surface area contributed by atoms with Gasteiger partial charge in [-0.3, -0.25) is 0 Å². The Morgan fingerprint density at radius 2 is 2.00 bits per heavy atom. The van der Waals surface area contributed by atoms with Crippen LogP contribution in [0.15, 0.2) is 41.0 Å². The van der Waals surface area contributed by atoms with E-state index in [-0.39, 0.29) is 0 Å². The largest absolute Gasteiger partial charge is 0.467 e. The number of hydrogen-bond donors (Lipinski definition) is 1. The molecule has 0 amide bonds. The lowest BCUT2D eigenvalue weighted by molar-refractivity contribution is 0.518. The molecule has 0 radical (unpaired) electrons.